The lowest BCUT2D eigenvalue weighted by atomic mass is 10.2. The van der Waals surface area contributed by atoms with Crippen LogP contribution in [0.3, 0.4) is 0 Å². The summed E-state index contributed by atoms with van der Waals surface area (Å²) < 4.78 is 35.9. The Balaban J connectivity index is 2.78. The lowest BCUT2D eigenvalue weighted by Gasteiger charge is -2.05. The number of thioether (sulfide) groups is 1. The summed E-state index contributed by atoms with van der Waals surface area (Å²) in [4.78, 5) is 10.2. The highest BCUT2D eigenvalue weighted by molar-refractivity contribution is 8.00. The van der Waals surface area contributed by atoms with Crippen LogP contribution in [0.25, 0.3) is 0 Å². The van der Waals surface area contributed by atoms with Crippen molar-refractivity contribution >= 4 is 18.0 Å². The highest BCUT2D eigenvalue weighted by Crippen LogP contribution is 2.36. The number of benzene rings is 1. The zero-order chi connectivity index (χ0) is 10.6. The SMILES string of the molecule is O=CCc1cccc(SC(F)(F)F)c1. The Morgan fingerprint density at radius 1 is 1.36 bits per heavy atom. The molecule has 0 bridgehead atoms. The van der Waals surface area contributed by atoms with Crippen molar-refractivity contribution in [2.45, 2.75) is 16.8 Å². The summed E-state index contributed by atoms with van der Waals surface area (Å²) in [6.07, 6.45) is 0.809. The van der Waals surface area contributed by atoms with Gasteiger partial charge in [0.25, 0.3) is 0 Å². The number of carbonyl (C=O) groups is 1. The molecule has 0 atom stereocenters. The van der Waals surface area contributed by atoms with Gasteiger partial charge in [0.2, 0.25) is 0 Å². The monoisotopic (exact) mass is 220 g/mol. The van der Waals surface area contributed by atoms with Gasteiger partial charge in [-0.25, -0.2) is 0 Å². The molecule has 0 heterocycles. The smallest absolute Gasteiger partial charge is 0.303 e. The van der Waals surface area contributed by atoms with E-state index in [0.717, 1.165) is 0 Å². The molecule has 1 aromatic carbocycles. The third-order valence-corrected chi connectivity index (χ3v) is 2.17. The van der Waals surface area contributed by atoms with E-state index < -0.39 is 5.51 Å². The molecule has 0 fully saturated rings. The number of carbonyl (C=O) groups excluding carboxylic acids is 1. The summed E-state index contributed by atoms with van der Waals surface area (Å²) in [5, 5.41) is 0. The van der Waals surface area contributed by atoms with Crippen LogP contribution in [-0.4, -0.2) is 11.8 Å². The van der Waals surface area contributed by atoms with Crippen LogP contribution in [0.2, 0.25) is 0 Å². The van der Waals surface area contributed by atoms with E-state index in [-0.39, 0.29) is 23.1 Å². The molecule has 0 aromatic heterocycles. The van der Waals surface area contributed by atoms with Crippen LogP contribution in [0, 0.1) is 0 Å². The summed E-state index contributed by atoms with van der Waals surface area (Å²) in [5.74, 6) is 0. The van der Waals surface area contributed by atoms with E-state index >= 15 is 0 Å². The topological polar surface area (TPSA) is 17.1 Å². The van der Waals surface area contributed by atoms with Gasteiger partial charge in [0.1, 0.15) is 6.29 Å². The van der Waals surface area contributed by atoms with Crippen molar-refractivity contribution in [3.63, 3.8) is 0 Å². The zero-order valence-electron chi connectivity index (χ0n) is 7.04. The molecule has 0 N–H and O–H groups in total. The zero-order valence-corrected chi connectivity index (χ0v) is 7.86. The quantitative estimate of drug-likeness (QED) is 0.575. The highest BCUT2D eigenvalue weighted by atomic mass is 32.2. The average molecular weight is 220 g/mol. The lowest BCUT2D eigenvalue weighted by molar-refractivity contribution is -0.107. The second kappa shape index (κ2) is 4.50. The fourth-order valence-corrected chi connectivity index (χ4v) is 1.59. The van der Waals surface area contributed by atoms with Crippen LogP contribution in [-0.2, 0) is 11.2 Å². The summed E-state index contributed by atoms with van der Waals surface area (Å²) in [5.41, 5.74) is -3.69. The van der Waals surface area contributed by atoms with Crippen molar-refractivity contribution in [2.75, 3.05) is 0 Å². The third kappa shape index (κ3) is 3.83. The molecule has 0 spiro atoms. The van der Waals surface area contributed by atoms with Crippen LogP contribution >= 0.6 is 11.8 Å². The number of halogens is 3. The number of alkyl halides is 3. The molecule has 0 unspecified atom stereocenters. The van der Waals surface area contributed by atoms with Crippen LogP contribution in [0.1, 0.15) is 5.56 Å². The van der Waals surface area contributed by atoms with Crippen molar-refractivity contribution in [1.29, 1.82) is 0 Å². The average Bonchev–Trinajstić information content (AvgIpc) is 2.02. The minimum atomic E-state index is -4.28. The number of hydrogen-bond donors (Lipinski definition) is 0. The molecule has 0 aliphatic heterocycles. The van der Waals surface area contributed by atoms with E-state index in [2.05, 4.69) is 0 Å². The minimum absolute atomic E-state index is 0.108. The van der Waals surface area contributed by atoms with Gasteiger partial charge in [-0.3, -0.25) is 0 Å². The van der Waals surface area contributed by atoms with E-state index in [1.54, 1.807) is 6.07 Å². The van der Waals surface area contributed by atoms with Gasteiger partial charge >= 0.3 is 5.51 Å². The van der Waals surface area contributed by atoms with Crippen molar-refractivity contribution in [2.24, 2.45) is 0 Å². The van der Waals surface area contributed by atoms with Gasteiger partial charge in [-0.2, -0.15) is 13.2 Å². The molecule has 76 valence electrons. The van der Waals surface area contributed by atoms with Crippen LogP contribution in [0.5, 0.6) is 0 Å². The number of hydrogen-bond acceptors (Lipinski definition) is 2. The molecule has 1 aromatic rings. The molecular weight excluding hydrogens is 213 g/mol. The van der Waals surface area contributed by atoms with E-state index in [1.807, 2.05) is 0 Å². The standard InChI is InChI=1S/C9H7F3OS/c10-9(11,12)14-8-3-1-2-7(6-8)4-5-13/h1-3,5-6H,4H2. The predicted octanol–water partition coefficient (Wildman–Crippen LogP) is 3.04. The van der Waals surface area contributed by atoms with Gasteiger partial charge in [0.05, 0.1) is 0 Å². The Hall–Kier alpha value is -0.970. The normalized spacial score (nSPS) is 11.4. The molecule has 0 saturated heterocycles. The Bertz CT molecular complexity index is 322. The largest absolute Gasteiger partial charge is 0.446 e. The first kappa shape index (κ1) is 11.1. The maximum Gasteiger partial charge on any atom is 0.446 e. The Morgan fingerprint density at radius 3 is 2.64 bits per heavy atom. The van der Waals surface area contributed by atoms with Gasteiger partial charge in [-0.15, -0.1) is 0 Å². The fraction of sp³-hybridized carbons (Fsp3) is 0.222. The lowest BCUT2D eigenvalue weighted by Crippen LogP contribution is -1.99. The van der Waals surface area contributed by atoms with E-state index in [9.17, 15) is 18.0 Å². The highest BCUT2D eigenvalue weighted by Gasteiger charge is 2.29. The first-order valence-electron chi connectivity index (χ1n) is 3.79. The van der Waals surface area contributed by atoms with Gasteiger partial charge in [-0.1, -0.05) is 12.1 Å². The molecular formula is C9H7F3OS. The van der Waals surface area contributed by atoms with Crippen molar-refractivity contribution in [3.05, 3.63) is 29.8 Å². The van der Waals surface area contributed by atoms with E-state index in [0.29, 0.717) is 11.8 Å². The summed E-state index contributed by atoms with van der Waals surface area (Å²) in [7, 11) is 0. The Morgan fingerprint density at radius 2 is 2.07 bits per heavy atom. The second-order valence-electron chi connectivity index (χ2n) is 2.57. The van der Waals surface area contributed by atoms with Gasteiger partial charge in [0.15, 0.2) is 0 Å². The molecule has 0 amide bonds. The number of aldehydes is 1. The molecule has 0 aliphatic carbocycles. The maximum absolute atomic E-state index is 12.0. The van der Waals surface area contributed by atoms with Gasteiger partial charge < -0.3 is 4.79 Å². The fourth-order valence-electron chi connectivity index (χ4n) is 0.966. The van der Waals surface area contributed by atoms with E-state index in [1.165, 1.54) is 18.2 Å². The van der Waals surface area contributed by atoms with Crippen LogP contribution in [0.4, 0.5) is 13.2 Å². The third-order valence-electron chi connectivity index (χ3n) is 1.45. The molecule has 5 heteroatoms. The Kier molecular flexibility index (Phi) is 3.57. The molecule has 1 rings (SSSR count). The summed E-state index contributed by atoms with van der Waals surface area (Å²) in [6.45, 7) is 0. The maximum atomic E-state index is 12.0. The Labute approximate surface area is 83.3 Å². The molecule has 1 nitrogen and oxygen atoms in total. The van der Waals surface area contributed by atoms with Crippen molar-refractivity contribution in [3.8, 4) is 0 Å². The van der Waals surface area contributed by atoms with E-state index in [4.69, 9.17) is 0 Å². The molecule has 0 saturated carbocycles. The van der Waals surface area contributed by atoms with Gasteiger partial charge in [-0.05, 0) is 29.5 Å². The predicted molar refractivity (Wildman–Crippen MR) is 48.1 cm³/mol. The molecule has 0 radical (unpaired) electrons. The first-order chi connectivity index (χ1) is 6.51. The van der Waals surface area contributed by atoms with Crippen LogP contribution < -0.4 is 0 Å². The summed E-state index contributed by atoms with van der Waals surface area (Å²) in [6, 6.07) is 5.86. The van der Waals surface area contributed by atoms with Crippen LogP contribution in [0.15, 0.2) is 29.2 Å². The van der Waals surface area contributed by atoms with Gasteiger partial charge in [0, 0.05) is 11.3 Å². The molecule has 14 heavy (non-hydrogen) atoms. The molecule has 0 aliphatic rings. The van der Waals surface area contributed by atoms with Crippen molar-refractivity contribution in [1.82, 2.24) is 0 Å². The second-order valence-corrected chi connectivity index (χ2v) is 3.70. The summed E-state index contributed by atoms with van der Waals surface area (Å²) >= 11 is -0.175. The van der Waals surface area contributed by atoms with Crippen molar-refractivity contribution < 1.29 is 18.0 Å². The first-order valence-corrected chi connectivity index (χ1v) is 4.61. The number of rotatable bonds is 3. The minimum Gasteiger partial charge on any atom is -0.303 e.